The third-order valence-electron chi connectivity index (χ3n) is 3.39. The summed E-state index contributed by atoms with van der Waals surface area (Å²) in [6.07, 6.45) is 1.95. The Bertz CT molecular complexity index is 558. The summed E-state index contributed by atoms with van der Waals surface area (Å²) in [6, 6.07) is 8.23. The van der Waals surface area contributed by atoms with E-state index < -0.39 is 0 Å². The van der Waals surface area contributed by atoms with Crippen LogP contribution in [0.2, 0.25) is 0 Å². The van der Waals surface area contributed by atoms with Gasteiger partial charge in [-0.1, -0.05) is 38.1 Å². The predicted molar refractivity (Wildman–Crippen MR) is 82.5 cm³/mol. The van der Waals surface area contributed by atoms with Gasteiger partial charge in [0.25, 0.3) is 0 Å². The van der Waals surface area contributed by atoms with Crippen molar-refractivity contribution in [3.8, 4) is 11.3 Å². The first kappa shape index (κ1) is 14.6. The maximum absolute atomic E-state index is 6.27. The zero-order valence-electron chi connectivity index (χ0n) is 12.5. The van der Waals surface area contributed by atoms with E-state index in [1.54, 1.807) is 7.11 Å². The number of nitrogen functional groups attached to an aromatic ring is 1. The maximum Gasteiger partial charge on any atom is 0.131 e. The van der Waals surface area contributed by atoms with E-state index in [9.17, 15) is 0 Å². The van der Waals surface area contributed by atoms with Crippen LogP contribution in [0.4, 0.5) is 5.82 Å². The summed E-state index contributed by atoms with van der Waals surface area (Å²) in [5.41, 5.74) is 9.37. The van der Waals surface area contributed by atoms with Crippen LogP contribution in [0.1, 0.15) is 31.7 Å². The van der Waals surface area contributed by atoms with Gasteiger partial charge in [-0.2, -0.15) is 0 Å². The lowest BCUT2D eigenvalue weighted by Gasteiger charge is -2.07. The highest BCUT2D eigenvalue weighted by molar-refractivity contribution is 5.71. The first-order valence-corrected chi connectivity index (χ1v) is 7.14. The number of imidazole rings is 1. The number of rotatable bonds is 6. The Morgan fingerprint density at radius 3 is 2.45 bits per heavy atom. The van der Waals surface area contributed by atoms with Gasteiger partial charge in [0.1, 0.15) is 17.3 Å². The zero-order valence-corrected chi connectivity index (χ0v) is 12.5. The van der Waals surface area contributed by atoms with E-state index in [-0.39, 0.29) is 0 Å². The smallest absolute Gasteiger partial charge is 0.131 e. The second kappa shape index (κ2) is 6.57. The molecule has 2 rings (SSSR count). The summed E-state index contributed by atoms with van der Waals surface area (Å²) in [7, 11) is 1.70. The van der Waals surface area contributed by atoms with Gasteiger partial charge in [-0.25, -0.2) is 4.98 Å². The van der Waals surface area contributed by atoms with Crippen molar-refractivity contribution in [1.29, 1.82) is 0 Å². The quantitative estimate of drug-likeness (QED) is 0.879. The summed E-state index contributed by atoms with van der Waals surface area (Å²) in [4.78, 5) is 4.70. The molecule has 0 fully saturated rings. The molecule has 0 unspecified atom stereocenters. The molecule has 0 aliphatic carbocycles. The van der Waals surface area contributed by atoms with Crippen molar-refractivity contribution in [3.63, 3.8) is 0 Å². The number of anilines is 1. The monoisotopic (exact) mass is 273 g/mol. The fraction of sp³-hybridized carbons (Fsp3) is 0.438. The molecular weight excluding hydrogens is 250 g/mol. The van der Waals surface area contributed by atoms with E-state index in [2.05, 4.69) is 42.7 Å². The first-order valence-electron chi connectivity index (χ1n) is 7.14. The van der Waals surface area contributed by atoms with Gasteiger partial charge in [-0.3, -0.25) is 0 Å². The molecule has 0 bridgehead atoms. The van der Waals surface area contributed by atoms with Crippen LogP contribution in [-0.2, 0) is 24.3 Å². The molecule has 1 heterocycles. The van der Waals surface area contributed by atoms with E-state index in [4.69, 9.17) is 15.5 Å². The minimum absolute atomic E-state index is 0.625. The molecule has 0 saturated heterocycles. The topological polar surface area (TPSA) is 53.1 Å². The van der Waals surface area contributed by atoms with E-state index in [1.807, 2.05) is 0 Å². The maximum atomic E-state index is 6.27. The lowest BCUT2D eigenvalue weighted by molar-refractivity contribution is 0.185. The molecular formula is C16H23N3O. The lowest BCUT2D eigenvalue weighted by atomic mass is 10.1. The number of methoxy groups -OCH3 is 1. The Morgan fingerprint density at radius 2 is 1.90 bits per heavy atom. The molecule has 108 valence electrons. The molecule has 0 saturated carbocycles. The van der Waals surface area contributed by atoms with Gasteiger partial charge >= 0.3 is 0 Å². The molecule has 0 atom stereocenters. The number of aromatic nitrogens is 2. The highest BCUT2D eigenvalue weighted by Gasteiger charge is 2.14. The van der Waals surface area contributed by atoms with Crippen molar-refractivity contribution in [3.05, 3.63) is 35.7 Å². The minimum Gasteiger partial charge on any atom is -0.383 e. The molecule has 1 aromatic carbocycles. The predicted octanol–water partition coefficient (Wildman–Crippen LogP) is 3.25. The molecule has 1 aromatic heterocycles. The molecule has 0 aliphatic rings. The van der Waals surface area contributed by atoms with Gasteiger partial charge in [0.15, 0.2) is 0 Å². The highest BCUT2D eigenvalue weighted by Crippen LogP contribution is 2.27. The van der Waals surface area contributed by atoms with Crippen LogP contribution in [0.3, 0.4) is 0 Å². The molecule has 4 nitrogen and oxygen atoms in total. The second-order valence-corrected chi connectivity index (χ2v) is 4.90. The summed E-state index contributed by atoms with van der Waals surface area (Å²) >= 11 is 0. The van der Waals surface area contributed by atoms with Crippen molar-refractivity contribution in [2.24, 2.45) is 0 Å². The molecule has 0 aliphatic heterocycles. The molecule has 2 N–H and O–H groups in total. The summed E-state index contributed by atoms with van der Waals surface area (Å²) in [5.74, 6) is 1.82. The zero-order chi connectivity index (χ0) is 14.5. The van der Waals surface area contributed by atoms with Crippen LogP contribution in [-0.4, -0.2) is 16.7 Å². The third-order valence-corrected chi connectivity index (χ3v) is 3.39. The number of hydrogen-bond donors (Lipinski definition) is 1. The summed E-state index contributed by atoms with van der Waals surface area (Å²) in [5, 5.41) is 0. The van der Waals surface area contributed by atoms with Crippen molar-refractivity contribution < 1.29 is 4.74 Å². The van der Waals surface area contributed by atoms with Gasteiger partial charge in [-0.15, -0.1) is 0 Å². The fourth-order valence-corrected chi connectivity index (χ4v) is 2.39. The fourth-order valence-electron chi connectivity index (χ4n) is 2.39. The number of nitrogens with zero attached hydrogens (tertiary/aromatic N) is 2. The molecule has 0 spiro atoms. The summed E-state index contributed by atoms with van der Waals surface area (Å²) in [6.45, 7) is 5.81. The number of benzene rings is 1. The normalized spacial score (nSPS) is 10.9. The Labute approximate surface area is 120 Å². The van der Waals surface area contributed by atoms with Gasteiger partial charge < -0.3 is 15.0 Å². The van der Waals surface area contributed by atoms with E-state index >= 15 is 0 Å². The number of ether oxygens (including phenoxy) is 1. The van der Waals surface area contributed by atoms with Crippen LogP contribution in [0, 0.1) is 0 Å². The molecule has 20 heavy (non-hydrogen) atoms. The van der Waals surface area contributed by atoms with Gasteiger partial charge in [0.05, 0.1) is 6.61 Å². The molecule has 2 aromatic rings. The van der Waals surface area contributed by atoms with E-state index in [0.717, 1.165) is 47.8 Å². The van der Waals surface area contributed by atoms with Gasteiger partial charge in [0, 0.05) is 25.6 Å². The van der Waals surface area contributed by atoms with Crippen molar-refractivity contribution in [2.75, 3.05) is 12.8 Å². The highest BCUT2D eigenvalue weighted by atomic mass is 16.5. The van der Waals surface area contributed by atoms with Crippen molar-refractivity contribution in [2.45, 2.75) is 39.8 Å². The van der Waals surface area contributed by atoms with Crippen molar-refractivity contribution in [1.82, 2.24) is 9.55 Å². The van der Waals surface area contributed by atoms with Crippen LogP contribution in [0.15, 0.2) is 24.3 Å². The van der Waals surface area contributed by atoms with Gasteiger partial charge in [0.2, 0.25) is 0 Å². The molecule has 4 heteroatoms. The summed E-state index contributed by atoms with van der Waals surface area (Å²) < 4.78 is 7.25. The Hall–Kier alpha value is -1.81. The third kappa shape index (κ3) is 2.85. The van der Waals surface area contributed by atoms with Gasteiger partial charge in [-0.05, 0) is 12.0 Å². The Balaban J connectivity index is 2.36. The Kier molecular flexibility index (Phi) is 4.79. The standard InChI is InChI=1S/C16H23N3O/c1-4-10-19-14(5-2)18-15(16(19)17)13-8-6-12(7-9-13)11-20-3/h6-9H,4-5,10-11,17H2,1-3H3. The van der Waals surface area contributed by atoms with E-state index in [1.165, 1.54) is 0 Å². The van der Waals surface area contributed by atoms with Crippen LogP contribution >= 0.6 is 0 Å². The number of hydrogen-bond acceptors (Lipinski definition) is 3. The molecule has 0 amide bonds. The second-order valence-electron chi connectivity index (χ2n) is 4.90. The first-order chi connectivity index (χ1) is 9.71. The van der Waals surface area contributed by atoms with Crippen LogP contribution < -0.4 is 5.73 Å². The average Bonchev–Trinajstić information content (AvgIpc) is 2.78. The molecule has 0 radical (unpaired) electrons. The lowest BCUT2D eigenvalue weighted by Crippen LogP contribution is -2.06. The van der Waals surface area contributed by atoms with Crippen LogP contribution in [0.25, 0.3) is 11.3 Å². The largest absolute Gasteiger partial charge is 0.383 e. The van der Waals surface area contributed by atoms with Crippen molar-refractivity contribution >= 4 is 5.82 Å². The number of nitrogens with two attached hydrogens (primary N) is 1. The van der Waals surface area contributed by atoms with E-state index in [0.29, 0.717) is 6.61 Å². The van der Waals surface area contributed by atoms with Crippen LogP contribution in [0.5, 0.6) is 0 Å². The minimum atomic E-state index is 0.625. The number of aryl methyl sites for hydroxylation is 1. The Morgan fingerprint density at radius 1 is 1.20 bits per heavy atom. The average molecular weight is 273 g/mol. The SMILES string of the molecule is CCCn1c(CC)nc(-c2ccc(COC)cc2)c1N.